The molecule has 0 radical (unpaired) electrons. The minimum atomic E-state index is -0.0552. The van der Waals surface area contributed by atoms with Gasteiger partial charge in [0, 0.05) is 17.4 Å². The standard InChI is InChI=1S/C18H20N2O/c1-12-6-5-8-15(10-12)20-18(21)16-11-14-7-3-4-9-17(14)19-13(16)2/h3-10,13,16,19H,11H2,1-2H3,(H,20,21). The van der Waals surface area contributed by atoms with Crippen LogP contribution in [0.5, 0.6) is 0 Å². The quantitative estimate of drug-likeness (QED) is 0.882. The Balaban J connectivity index is 1.76. The molecule has 3 nitrogen and oxygen atoms in total. The van der Waals surface area contributed by atoms with Crippen molar-refractivity contribution in [1.82, 2.24) is 0 Å². The highest BCUT2D eigenvalue weighted by molar-refractivity contribution is 5.94. The molecule has 0 saturated carbocycles. The Kier molecular flexibility index (Phi) is 3.65. The maximum Gasteiger partial charge on any atom is 0.229 e. The van der Waals surface area contributed by atoms with E-state index in [1.807, 2.05) is 43.3 Å². The Morgan fingerprint density at radius 3 is 2.81 bits per heavy atom. The van der Waals surface area contributed by atoms with E-state index in [4.69, 9.17) is 0 Å². The zero-order valence-electron chi connectivity index (χ0n) is 12.4. The van der Waals surface area contributed by atoms with Crippen molar-refractivity contribution >= 4 is 17.3 Å². The molecule has 1 aliphatic rings. The van der Waals surface area contributed by atoms with Gasteiger partial charge in [0.2, 0.25) is 5.91 Å². The minimum absolute atomic E-state index is 0.0552. The third kappa shape index (κ3) is 2.92. The first-order chi connectivity index (χ1) is 10.1. The van der Waals surface area contributed by atoms with Crippen molar-refractivity contribution in [3.8, 4) is 0 Å². The lowest BCUT2D eigenvalue weighted by Gasteiger charge is -2.31. The second-order valence-electron chi connectivity index (χ2n) is 5.76. The summed E-state index contributed by atoms with van der Waals surface area (Å²) in [4.78, 5) is 12.5. The summed E-state index contributed by atoms with van der Waals surface area (Å²) in [6.45, 7) is 4.09. The minimum Gasteiger partial charge on any atom is -0.382 e. The molecule has 2 N–H and O–H groups in total. The third-order valence-corrected chi connectivity index (χ3v) is 4.07. The van der Waals surface area contributed by atoms with Crippen LogP contribution in [-0.2, 0) is 11.2 Å². The molecule has 0 aromatic heterocycles. The Bertz CT molecular complexity index is 666. The number of amides is 1. The van der Waals surface area contributed by atoms with Gasteiger partial charge in [0.15, 0.2) is 0 Å². The fourth-order valence-electron chi connectivity index (χ4n) is 2.88. The summed E-state index contributed by atoms with van der Waals surface area (Å²) < 4.78 is 0. The normalized spacial score (nSPS) is 20.3. The summed E-state index contributed by atoms with van der Waals surface area (Å²) in [5.41, 5.74) is 4.36. The number of rotatable bonds is 2. The molecule has 2 aromatic rings. The highest BCUT2D eigenvalue weighted by atomic mass is 16.1. The van der Waals surface area contributed by atoms with Crippen LogP contribution in [0.1, 0.15) is 18.1 Å². The molecule has 21 heavy (non-hydrogen) atoms. The molecular weight excluding hydrogens is 260 g/mol. The monoisotopic (exact) mass is 280 g/mol. The second-order valence-corrected chi connectivity index (χ2v) is 5.76. The number of aryl methyl sites for hydroxylation is 1. The molecule has 0 bridgehead atoms. The zero-order chi connectivity index (χ0) is 14.8. The van der Waals surface area contributed by atoms with Crippen molar-refractivity contribution < 1.29 is 4.79 Å². The van der Waals surface area contributed by atoms with Gasteiger partial charge in [-0.05, 0) is 49.6 Å². The van der Waals surface area contributed by atoms with Crippen LogP contribution in [0, 0.1) is 12.8 Å². The lowest BCUT2D eigenvalue weighted by molar-refractivity contribution is -0.120. The molecule has 2 aromatic carbocycles. The van der Waals surface area contributed by atoms with Gasteiger partial charge in [0.1, 0.15) is 0 Å². The molecular formula is C18H20N2O. The highest BCUT2D eigenvalue weighted by Crippen LogP contribution is 2.29. The first-order valence-electron chi connectivity index (χ1n) is 7.35. The summed E-state index contributed by atoms with van der Waals surface area (Å²) >= 11 is 0. The van der Waals surface area contributed by atoms with Crippen LogP contribution >= 0.6 is 0 Å². The van der Waals surface area contributed by atoms with E-state index < -0.39 is 0 Å². The number of fused-ring (bicyclic) bond motifs is 1. The number of para-hydroxylation sites is 1. The molecule has 2 atom stereocenters. The van der Waals surface area contributed by atoms with Crippen molar-refractivity contribution in [3.63, 3.8) is 0 Å². The molecule has 1 amide bonds. The average molecular weight is 280 g/mol. The van der Waals surface area contributed by atoms with E-state index in [1.54, 1.807) is 0 Å². The topological polar surface area (TPSA) is 41.1 Å². The Morgan fingerprint density at radius 2 is 2.00 bits per heavy atom. The molecule has 108 valence electrons. The van der Waals surface area contributed by atoms with Gasteiger partial charge in [-0.3, -0.25) is 4.79 Å². The van der Waals surface area contributed by atoms with Crippen LogP contribution in [0.2, 0.25) is 0 Å². The first kappa shape index (κ1) is 13.7. The molecule has 1 heterocycles. The third-order valence-electron chi connectivity index (χ3n) is 4.07. The molecule has 3 rings (SSSR count). The number of anilines is 2. The molecule has 3 heteroatoms. The van der Waals surface area contributed by atoms with E-state index >= 15 is 0 Å². The largest absolute Gasteiger partial charge is 0.382 e. The number of benzene rings is 2. The fraction of sp³-hybridized carbons (Fsp3) is 0.278. The van der Waals surface area contributed by atoms with Crippen molar-refractivity contribution in [3.05, 3.63) is 59.7 Å². The first-order valence-corrected chi connectivity index (χ1v) is 7.35. The number of hydrogen-bond acceptors (Lipinski definition) is 2. The SMILES string of the molecule is Cc1cccc(NC(=O)C2Cc3ccccc3NC2C)c1. The fourth-order valence-corrected chi connectivity index (χ4v) is 2.88. The molecule has 1 aliphatic heterocycles. The Labute approximate surface area is 125 Å². The lowest BCUT2D eigenvalue weighted by Crippen LogP contribution is -2.40. The van der Waals surface area contributed by atoms with Crippen molar-refractivity contribution in [2.24, 2.45) is 5.92 Å². The number of carbonyl (C=O) groups is 1. The van der Waals surface area contributed by atoms with Crippen LogP contribution in [0.3, 0.4) is 0 Å². The summed E-state index contributed by atoms with van der Waals surface area (Å²) in [6, 6.07) is 16.2. The predicted octanol–water partition coefficient (Wildman–Crippen LogP) is 3.61. The summed E-state index contributed by atoms with van der Waals surface area (Å²) in [5.74, 6) is 0.0236. The lowest BCUT2D eigenvalue weighted by atomic mass is 9.87. The van der Waals surface area contributed by atoms with E-state index in [2.05, 4.69) is 29.7 Å². The van der Waals surface area contributed by atoms with E-state index in [1.165, 1.54) is 5.56 Å². The summed E-state index contributed by atoms with van der Waals surface area (Å²) in [5, 5.41) is 6.46. The molecule has 0 fully saturated rings. The number of carbonyl (C=O) groups excluding carboxylic acids is 1. The van der Waals surface area contributed by atoms with E-state index in [-0.39, 0.29) is 17.9 Å². The van der Waals surface area contributed by atoms with Crippen LogP contribution < -0.4 is 10.6 Å². The van der Waals surface area contributed by atoms with Crippen LogP contribution in [0.15, 0.2) is 48.5 Å². The average Bonchev–Trinajstić information content (AvgIpc) is 2.46. The van der Waals surface area contributed by atoms with Crippen molar-refractivity contribution in [2.75, 3.05) is 10.6 Å². The second kappa shape index (κ2) is 5.60. The Morgan fingerprint density at radius 1 is 1.19 bits per heavy atom. The van der Waals surface area contributed by atoms with Crippen molar-refractivity contribution in [2.45, 2.75) is 26.3 Å². The van der Waals surface area contributed by atoms with Gasteiger partial charge in [0.25, 0.3) is 0 Å². The van der Waals surface area contributed by atoms with Crippen LogP contribution in [0.25, 0.3) is 0 Å². The van der Waals surface area contributed by atoms with Gasteiger partial charge in [-0.25, -0.2) is 0 Å². The van der Waals surface area contributed by atoms with Gasteiger partial charge in [-0.1, -0.05) is 30.3 Å². The van der Waals surface area contributed by atoms with Crippen LogP contribution in [0.4, 0.5) is 11.4 Å². The molecule has 0 spiro atoms. The number of nitrogens with one attached hydrogen (secondary N) is 2. The molecule has 0 aliphatic carbocycles. The van der Waals surface area contributed by atoms with Gasteiger partial charge in [-0.2, -0.15) is 0 Å². The van der Waals surface area contributed by atoms with E-state index in [9.17, 15) is 4.79 Å². The van der Waals surface area contributed by atoms with Gasteiger partial charge in [0.05, 0.1) is 5.92 Å². The smallest absolute Gasteiger partial charge is 0.229 e. The summed E-state index contributed by atoms with van der Waals surface area (Å²) in [7, 11) is 0. The highest BCUT2D eigenvalue weighted by Gasteiger charge is 2.30. The van der Waals surface area contributed by atoms with E-state index in [0.717, 1.165) is 23.4 Å². The summed E-state index contributed by atoms with van der Waals surface area (Å²) in [6.07, 6.45) is 0.780. The maximum absolute atomic E-state index is 12.5. The van der Waals surface area contributed by atoms with Gasteiger partial charge < -0.3 is 10.6 Å². The Hall–Kier alpha value is -2.29. The molecule has 0 saturated heterocycles. The van der Waals surface area contributed by atoms with Gasteiger partial charge >= 0.3 is 0 Å². The maximum atomic E-state index is 12.5. The van der Waals surface area contributed by atoms with Crippen LogP contribution in [-0.4, -0.2) is 11.9 Å². The predicted molar refractivity (Wildman–Crippen MR) is 86.5 cm³/mol. The van der Waals surface area contributed by atoms with E-state index in [0.29, 0.717) is 0 Å². The number of hydrogen-bond donors (Lipinski definition) is 2. The van der Waals surface area contributed by atoms with Gasteiger partial charge in [-0.15, -0.1) is 0 Å². The zero-order valence-corrected chi connectivity index (χ0v) is 12.4. The molecule has 2 unspecified atom stereocenters. The van der Waals surface area contributed by atoms with Crippen molar-refractivity contribution in [1.29, 1.82) is 0 Å².